The molecule has 0 aliphatic heterocycles. The molecule has 1 heteroatoms. The van der Waals surface area contributed by atoms with Crippen LogP contribution < -0.4 is 5.73 Å². The summed E-state index contributed by atoms with van der Waals surface area (Å²) in [5.74, 6) is 0. The summed E-state index contributed by atoms with van der Waals surface area (Å²) in [4.78, 5) is 0. The second kappa shape index (κ2) is 6.57. The van der Waals surface area contributed by atoms with Gasteiger partial charge in [-0.25, -0.2) is 0 Å². The molecular formula is C15H25N. The lowest BCUT2D eigenvalue weighted by molar-refractivity contribution is 0.755. The van der Waals surface area contributed by atoms with Crippen molar-refractivity contribution in [3.63, 3.8) is 0 Å². The van der Waals surface area contributed by atoms with Crippen molar-refractivity contribution in [2.45, 2.75) is 59.3 Å². The number of aryl methyl sites for hydroxylation is 1. The average Bonchev–Trinajstić information content (AvgIpc) is 2.29. The van der Waals surface area contributed by atoms with Crippen LogP contribution >= 0.6 is 0 Å². The van der Waals surface area contributed by atoms with E-state index in [1.807, 2.05) is 0 Å². The Labute approximate surface area is 100 Å². The van der Waals surface area contributed by atoms with E-state index in [1.54, 1.807) is 0 Å². The molecule has 90 valence electrons. The highest BCUT2D eigenvalue weighted by Crippen LogP contribution is 2.23. The summed E-state index contributed by atoms with van der Waals surface area (Å²) in [5.41, 5.74) is 11.3. The second-order valence-electron chi connectivity index (χ2n) is 4.62. The Morgan fingerprint density at radius 1 is 1.00 bits per heavy atom. The first-order valence-electron chi connectivity index (χ1n) is 6.57. The van der Waals surface area contributed by atoms with E-state index in [4.69, 9.17) is 5.73 Å². The first kappa shape index (κ1) is 13.1. The van der Waals surface area contributed by atoms with Gasteiger partial charge in [0, 0.05) is 5.69 Å². The van der Waals surface area contributed by atoms with E-state index >= 15 is 0 Å². The van der Waals surface area contributed by atoms with Crippen LogP contribution in [-0.4, -0.2) is 0 Å². The van der Waals surface area contributed by atoms with Crippen LogP contribution in [0.4, 0.5) is 5.69 Å². The predicted molar refractivity (Wildman–Crippen MR) is 72.8 cm³/mol. The number of rotatable bonds is 6. The molecule has 0 spiro atoms. The third-order valence-electron chi connectivity index (χ3n) is 3.32. The SMILES string of the molecule is CCCCc1ccc(N)c(C)c1CCCC. The number of unbranched alkanes of at least 4 members (excludes halogenated alkanes) is 2. The van der Waals surface area contributed by atoms with E-state index in [0.29, 0.717) is 0 Å². The van der Waals surface area contributed by atoms with Crippen LogP contribution in [0.15, 0.2) is 12.1 Å². The largest absolute Gasteiger partial charge is 0.399 e. The molecule has 0 saturated heterocycles. The Balaban J connectivity index is 2.91. The molecule has 16 heavy (non-hydrogen) atoms. The fourth-order valence-corrected chi connectivity index (χ4v) is 2.13. The van der Waals surface area contributed by atoms with Gasteiger partial charge in [-0.15, -0.1) is 0 Å². The number of nitrogen functional groups attached to an aromatic ring is 1. The minimum atomic E-state index is 0.950. The number of hydrogen-bond acceptors (Lipinski definition) is 1. The zero-order valence-corrected chi connectivity index (χ0v) is 11.0. The minimum Gasteiger partial charge on any atom is -0.399 e. The average molecular weight is 219 g/mol. The van der Waals surface area contributed by atoms with Gasteiger partial charge in [0.1, 0.15) is 0 Å². The van der Waals surface area contributed by atoms with Crippen molar-refractivity contribution >= 4 is 5.69 Å². The summed E-state index contributed by atoms with van der Waals surface area (Å²) in [6, 6.07) is 4.29. The summed E-state index contributed by atoms with van der Waals surface area (Å²) in [5, 5.41) is 0. The zero-order chi connectivity index (χ0) is 12.0. The normalized spacial score (nSPS) is 10.7. The van der Waals surface area contributed by atoms with Gasteiger partial charge in [0.25, 0.3) is 0 Å². The third kappa shape index (κ3) is 3.26. The van der Waals surface area contributed by atoms with Crippen LogP contribution in [0, 0.1) is 6.92 Å². The lowest BCUT2D eigenvalue weighted by Gasteiger charge is -2.14. The lowest BCUT2D eigenvalue weighted by atomic mass is 9.93. The Hall–Kier alpha value is -0.980. The molecule has 0 heterocycles. The van der Waals surface area contributed by atoms with Gasteiger partial charge in [0.2, 0.25) is 0 Å². The Kier molecular flexibility index (Phi) is 5.37. The van der Waals surface area contributed by atoms with Crippen LogP contribution in [-0.2, 0) is 12.8 Å². The van der Waals surface area contributed by atoms with Gasteiger partial charge in [-0.2, -0.15) is 0 Å². The van der Waals surface area contributed by atoms with Crippen molar-refractivity contribution in [3.8, 4) is 0 Å². The van der Waals surface area contributed by atoms with Gasteiger partial charge in [-0.1, -0.05) is 32.8 Å². The molecule has 0 bridgehead atoms. The van der Waals surface area contributed by atoms with E-state index < -0.39 is 0 Å². The van der Waals surface area contributed by atoms with E-state index in [2.05, 4.69) is 32.9 Å². The molecule has 0 saturated carbocycles. The predicted octanol–water partition coefficient (Wildman–Crippen LogP) is 4.26. The molecule has 1 aromatic rings. The molecule has 2 N–H and O–H groups in total. The molecule has 1 aromatic carbocycles. The van der Waals surface area contributed by atoms with Crippen LogP contribution in [0.25, 0.3) is 0 Å². The molecule has 0 atom stereocenters. The summed E-state index contributed by atoms with van der Waals surface area (Å²) in [7, 11) is 0. The number of nitrogens with two attached hydrogens (primary N) is 1. The van der Waals surface area contributed by atoms with E-state index in [-0.39, 0.29) is 0 Å². The Bertz CT molecular complexity index is 328. The summed E-state index contributed by atoms with van der Waals surface area (Å²) in [6.07, 6.45) is 7.45. The van der Waals surface area contributed by atoms with Gasteiger partial charge in [-0.3, -0.25) is 0 Å². The number of hydrogen-bond donors (Lipinski definition) is 1. The number of benzene rings is 1. The van der Waals surface area contributed by atoms with Gasteiger partial charge in [0.05, 0.1) is 0 Å². The maximum Gasteiger partial charge on any atom is 0.0346 e. The highest BCUT2D eigenvalue weighted by Gasteiger charge is 2.07. The van der Waals surface area contributed by atoms with Crippen LogP contribution in [0.3, 0.4) is 0 Å². The monoisotopic (exact) mass is 219 g/mol. The highest BCUT2D eigenvalue weighted by molar-refractivity contribution is 5.53. The van der Waals surface area contributed by atoms with Crippen molar-refractivity contribution in [1.82, 2.24) is 0 Å². The molecule has 0 unspecified atom stereocenters. The maximum absolute atomic E-state index is 5.99. The standard InChI is InChI=1S/C15H25N/c1-4-6-8-13-10-11-15(16)12(3)14(13)9-7-5-2/h10-11H,4-9,16H2,1-3H3. The first-order chi connectivity index (χ1) is 7.70. The second-order valence-corrected chi connectivity index (χ2v) is 4.62. The molecule has 0 aromatic heterocycles. The lowest BCUT2D eigenvalue weighted by Crippen LogP contribution is -2.02. The van der Waals surface area contributed by atoms with E-state index in [9.17, 15) is 0 Å². The van der Waals surface area contributed by atoms with Crippen LogP contribution in [0.2, 0.25) is 0 Å². The summed E-state index contributed by atoms with van der Waals surface area (Å²) in [6.45, 7) is 6.65. The van der Waals surface area contributed by atoms with Crippen molar-refractivity contribution in [2.24, 2.45) is 0 Å². The summed E-state index contributed by atoms with van der Waals surface area (Å²) < 4.78 is 0. The van der Waals surface area contributed by atoms with Crippen molar-refractivity contribution in [3.05, 3.63) is 28.8 Å². The third-order valence-corrected chi connectivity index (χ3v) is 3.32. The van der Waals surface area contributed by atoms with Gasteiger partial charge < -0.3 is 5.73 Å². The first-order valence-corrected chi connectivity index (χ1v) is 6.57. The van der Waals surface area contributed by atoms with Crippen LogP contribution in [0.1, 0.15) is 56.2 Å². The Morgan fingerprint density at radius 2 is 1.62 bits per heavy atom. The molecule has 0 fully saturated rings. The molecule has 0 amide bonds. The zero-order valence-electron chi connectivity index (χ0n) is 11.0. The maximum atomic E-state index is 5.99. The molecule has 1 nitrogen and oxygen atoms in total. The van der Waals surface area contributed by atoms with Gasteiger partial charge >= 0.3 is 0 Å². The fraction of sp³-hybridized carbons (Fsp3) is 0.600. The Morgan fingerprint density at radius 3 is 2.25 bits per heavy atom. The van der Waals surface area contributed by atoms with Gasteiger partial charge in [0.15, 0.2) is 0 Å². The fourth-order valence-electron chi connectivity index (χ4n) is 2.13. The van der Waals surface area contributed by atoms with Crippen molar-refractivity contribution in [1.29, 1.82) is 0 Å². The molecule has 0 aliphatic carbocycles. The van der Waals surface area contributed by atoms with Crippen molar-refractivity contribution in [2.75, 3.05) is 5.73 Å². The molecule has 0 radical (unpaired) electrons. The van der Waals surface area contributed by atoms with Gasteiger partial charge in [-0.05, 0) is 55.4 Å². The summed E-state index contributed by atoms with van der Waals surface area (Å²) >= 11 is 0. The number of anilines is 1. The van der Waals surface area contributed by atoms with E-state index in [0.717, 1.165) is 5.69 Å². The molecule has 1 rings (SSSR count). The van der Waals surface area contributed by atoms with Crippen molar-refractivity contribution < 1.29 is 0 Å². The minimum absolute atomic E-state index is 0.950. The quantitative estimate of drug-likeness (QED) is 0.711. The topological polar surface area (TPSA) is 26.0 Å². The van der Waals surface area contributed by atoms with E-state index in [1.165, 1.54) is 55.2 Å². The van der Waals surface area contributed by atoms with Crippen LogP contribution in [0.5, 0.6) is 0 Å². The smallest absolute Gasteiger partial charge is 0.0346 e. The highest BCUT2D eigenvalue weighted by atomic mass is 14.6. The molecule has 0 aliphatic rings. The molecular weight excluding hydrogens is 194 g/mol.